The van der Waals surface area contributed by atoms with Gasteiger partial charge in [0, 0.05) is 20.1 Å². The van der Waals surface area contributed by atoms with Crippen molar-refractivity contribution in [3.63, 3.8) is 0 Å². The van der Waals surface area contributed by atoms with Gasteiger partial charge < -0.3 is 5.32 Å². The van der Waals surface area contributed by atoms with Gasteiger partial charge in [-0.1, -0.05) is 6.07 Å². The molecule has 0 bridgehead atoms. The molecule has 0 fully saturated rings. The summed E-state index contributed by atoms with van der Waals surface area (Å²) in [6.07, 6.45) is 0. The Morgan fingerprint density at radius 2 is 2.29 bits per heavy atom. The van der Waals surface area contributed by atoms with Gasteiger partial charge in [-0.25, -0.2) is 4.79 Å². The Bertz CT molecular complexity index is 564. The van der Waals surface area contributed by atoms with Crippen LogP contribution in [0.15, 0.2) is 23.0 Å². The van der Waals surface area contributed by atoms with Crippen LogP contribution in [0, 0.1) is 0 Å². The first kappa shape index (κ1) is 7.67. The maximum atomic E-state index is 11.8. The highest BCUT2D eigenvalue weighted by molar-refractivity contribution is 5.89. The van der Waals surface area contributed by atoms with Crippen LogP contribution in [-0.2, 0) is 13.6 Å². The molecule has 1 aromatic heterocycles. The van der Waals surface area contributed by atoms with Crippen molar-refractivity contribution >= 4 is 16.7 Å². The van der Waals surface area contributed by atoms with Gasteiger partial charge in [0.1, 0.15) is 0 Å². The summed E-state index contributed by atoms with van der Waals surface area (Å²) >= 11 is 0. The van der Waals surface area contributed by atoms with E-state index in [0.717, 1.165) is 29.8 Å². The molecule has 0 saturated heterocycles. The number of nitrogens with one attached hydrogen (secondary N) is 1. The molecule has 0 aliphatic carbocycles. The van der Waals surface area contributed by atoms with E-state index >= 15 is 0 Å². The van der Waals surface area contributed by atoms with Crippen molar-refractivity contribution in [2.24, 2.45) is 7.05 Å². The first-order chi connectivity index (χ1) is 6.79. The van der Waals surface area contributed by atoms with Gasteiger partial charge in [0.2, 0.25) is 0 Å². The summed E-state index contributed by atoms with van der Waals surface area (Å²) in [7, 11) is 1.82. The Morgan fingerprint density at radius 3 is 3.14 bits per heavy atom. The van der Waals surface area contributed by atoms with Gasteiger partial charge in [-0.3, -0.25) is 9.13 Å². The minimum atomic E-state index is 0.0777. The monoisotopic (exact) mass is 189 g/mol. The summed E-state index contributed by atoms with van der Waals surface area (Å²) in [6, 6.07) is 5.96. The third kappa shape index (κ3) is 0.755. The fraction of sp³-hybridized carbons (Fsp3) is 0.300. The Morgan fingerprint density at radius 1 is 1.43 bits per heavy atom. The van der Waals surface area contributed by atoms with Crippen LogP contribution >= 0.6 is 0 Å². The summed E-state index contributed by atoms with van der Waals surface area (Å²) in [5.74, 6) is 0. The van der Waals surface area contributed by atoms with E-state index in [4.69, 9.17) is 0 Å². The van der Waals surface area contributed by atoms with E-state index in [-0.39, 0.29) is 5.69 Å². The first-order valence-corrected chi connectivity index (χ1v) is 4.71. The third-order valence-electron chi connectivity index (χ3n) is 2.81. The molecular weight excluding hydrogens is 178 g/mol. The van der Waals surface area contributed by atoms with Gasteiger partial charge in [0.15, 0.2) is 0 Å². The number of anilines is 1. The molecule has 4 nitrogen and oxygen atoms in total. The molecule has 0 spiro atoms. The topological polar surface area (TPSA) is 39.0 Å². The van der Waals surface area contributed by atoms with Crippen molar-refractivity contribution < 1.29 is 0 Å². The SMILES string of the molecule is Cn1c(=O)n2c3c(cccc31)NCC2. The molecule has 2 aromatic rings. The van der Waals surface area contributed by atoms with Gasteiger partial charge >= 0.3 is 5.69 Å². The van der Waals surface area contributed by atoms with Crippen molar-refractivity contribution in [3.8, 4) is 0 Å². The number of benzene rings is 1. The number of hydrogen-bond acceptors (Lipinski definition) is 2. The molecule has 4 heteroatoms. The Hall–Kier alpha value is -1.71. The van der Waals surface area contributed by atoms with Gasteiger partial charge in [0.05, 0.1) is 16.7 Å². The van der Waals surface area contributed by atoms with E-state index in [2.05, 4.69) is 5.32 Å². The smallest absolute Gasteiger partial charge is 0.328 e. The molecule has 0 atom stereocenters. The van der Waals surface area contributed by atoms with Crippen LogP contribution in [-0.4, -0.2) is 15.7 Å². The van der Waals surface area contributed by atoms with Crippen LogP contribution in [0.4, 0.5) is 5.69 Å². The minimum absolute atomic E-state index is 0.0777. The fourth-order valence-electron chi connectivity index (χ4n) is 2.12. The molecule has 0 unspecified atom stereocenters. The summed E-state index contributed by atoms with van der Waals surface area (Å²) in [6.45, 7) is 1.59. The molecule has 72 valence electrons. The van der Waals surface area contributed by atoms with Gasteiger partial charge in [-0.15, -0.1) is 0 Å². The van der Waals surface area contributed by atoms with Crippen LogP contribution in [0.25, 0.3) is 11.0 Å². The van der Waals surface area contributed by atoms with Gasteiger partial charge in [-0.05, 0) is 12.1 Å². The van der Waals surface area contributed by atoms with Crippen molar-refractivity contribution in [2.45, 2.75) is 6.54 Å². The average Bonchev–Trinajstić information content (AvgIpc) is 2.47. The quantitative estimate of drug-likeness (QED) is 0.664. The number of nitrogens with zero attached hydrogens (tertiary/aromatic N) is 2. The second-order valence-corrected chi connectivity index (χ2v) is 3.59. The van der Waals surface area contributed by atoms with E-state index < -0.39 is 0 Å². The van der Waals surface area contributed by atoms with Crippen LogP contribution in [0.3, 0.4) is 0 Å². The molecule has 1 aromatic carbocycles. The van der Waals surface area contributed by atoms with Crippen LogP contribution in [0.1, 0.15) is 0 Å². The number of para-hydroxylation sites is 1. The fourth-order valence-corrected chi connectivity index (χ4v) is 2.12. The highest BCUT2D eigenvalue weighted by atomic mass is 16.1. The van der Waals surface area contributed by atoms with Crippen LogP contribution in [0.2, 0.25) is 0 Å². The predicted molar refractivity (Wildman–Crippen MR) is 55.7 cm³/mol. The molecule has 0 saturated carbocycles. The second-order valence-electron chi connectivity index (χ2n) is 3.59. The molecule has 0 amide bonds. The van der Waals surface area contributed by atoms with Crippen LogP contribution in [0.5, 0.6) is 0 Å². The normalized spacial score (nSPS) is 14.4. The Kier molecular flexibility index (Phi) is 1.32. The molecule has 14 heavy (non-hydrogen) atoms. The van der Waals surface area contributed by atoms with Gasteiger partial charge in [0.25, 0.3) is 0 Å². The van der Waals surface area contributed by atoms with E-state index in [9.17, 15) is 4.79 Å². The van der Waals surface area contributed by atoms with Crippen LogP contribution < -0.4 is 11.0 Å². The number of aromatic nitrogens is 2. The lowest BCUT2D eigenvalue weighted by molar-refractivity contribution is 0.679. The largest absolute Gasteiger partial charge is 0.381 e. The molecule has 3 rings (SSSR count). The summed E-state index contributed by atoms with van der Waals surface area (Å²) in [4.78, 5) is 11.8. The molecule has 2 heterocycles. The summed E-state index contributed by atoms with van der Waals surface area (Å²) in [5.41, 5.74) is 3.17. The minimum Gasteiger partial charge on any atom is -0.381 e. The number of imidazole rings is 1. The standard InChI is InChI=1S/C10H11N3O/c1-12-8-4-2-3-7-9(8)13(10(12)14)6-5-11-7/h2-4,11H,5-6H2,1H3. The highest BCUT2D eigenvalue weighted by Crippen LogP contribution is 2.24. The van der Waals surface area contributed by atoms with E-state index in [1.165, 1.54) is 0 Å². The average molecular weight is 189 g/mol. The lowest BCUT2D eigenvalue weighted by Gasteiger charge is -2.15. The van der Waals surface area contributed by atoms with E-state index in [1.54, 1.807) is 4.57 Å². The zero-order valence-electron chi connectivity index (χ0n) is 7.95. The maximum Gasteiger partial charge on any atom is 0.328 e. The van der Waals surface area contributed by atoms with Crippen molar-refractivity contribution in [1.29, 1.82) is 0 Å². The van der Waals surface area contributed by atoms with E-state index in [1.807, 2.05) is 29.8 Å². The van der Waals surface area contributed by atoms with Crippen molar-refractivity contribution in [3.05, 3.63) is 28.7 Å². The summed E-state index contributed by atoms with van der Waals surface area (Å²) < 4.78 is 3.53. The maximum absolute atomic E-state index is 11.8. The summed E-state index contributed by atoms with van der Waals surface area (Å²) in [5, 5.41) is 3.29. The second kappa shape index (κ2) is 2.41. The molecule has 0 radical (unpaired) electrons. The molecular formula is C10H11N3O. The number of rotatable bonds is 0. The zero-order chi connectivity index (χ0) is 9.71. The molecule has 1 N–H and O–H groups in total. The predicted octanol–water partition coefficient (Wildman–Crippen LogP) is 0.765. The Balaban J connectivity index is 2.61. The first-order valence-electron chi connectivity index (χ1n) is 4.71. The number of aryl methyl sites for hydroxylation is 1. The zero-order valence-corrected chi connectivity index (χ0v) is 7.95. The van der Waals surface area contributed by atoms with Crippen molar-refractivity contribution in [2.75, 3.05) is 11.9 Å². The highest BCUT2D eigenvalue weighted by Gasteiger charge is 2.16. The third-order valence-corrected chi connectivity index (χ3v) is 2.81. The lowest BCUT2D eigenvalue weighted by Crippen LogP contribution is -2.27. The van der Waals surface area contributed by atoms with E-state index in [0.29, 0.717) is 0 Å². The van der Waals surface area contributed by atoms with Crippen molar-refractivity contribution in [1.82, 2.24) is 9.13 Å². The Labute approximate surface area is 80.8 Å². The molecule has 1 aliphatic rings. The molecule has 1 aliphatic heterocycles. The lowest BCUT2D eigenvalue weighted by atomic mass is 10.2. The number of hydrogen-bond donors (Lipinski definition) is 1. The van der Waals surface area contributed by atoms with Gasteiger partial charge in [-0.2, -0.15) is 0 Å².